The molecule has 4 rings (SSSR count). The molecule has 0 unspecified atom stereocenters. The smallest absolute Gasteiger partial charge is 0.262 e. The first-order valence-corrected chi connectivity index (χ1v) is 12.3. The van der Waals surface area contributed by atoms with Crippen LogP contribution in [0.1, 0.15) is 21.5 Å². The van der Waals surface area contributed by atoms with E-state index in [0.29, 0.717) is 24.2 Å². The van der Waals surface area contributed by atoms with Gasteiger partial charge in [-0.1, -0.05) is 48.5 Å². The highest BCUT2D eigenvalue weighted by atomic mass is 32.2. The summed E-state index contributed by atoms with van der Waals surface area (Å²) in [6.07, 6.45) is 0. The molecule has 3 aromatic rings. The fourth-order valence-corrected chi connectivity index (χ4v) is 4.96. The molecule has 1 N–H and O–H groups in total. The lowest BCUT2D eigenvalue weighted by molar-refractivity contribution is 0.0627. The Morgan fingerprint density at radius 3 is 2.30 bits per heavy atom. The van der Waals surface area contributed by atoms with Gasteiger partial charge in [-0.2, -0.15) is 0 Å². The predicted molar refractivity (Wildman–Crippen MR) is 126 cm³/mol. The summed E-state index contributed by atoms with van der Waals surface area (Å²) in [5.74, 6) is -0.868. The maximum absolute atomic E-state index is 13.9. The number of hydrogen-bond acceptors (Lipinski definition) is 4. The number of benzene rings is 3. The van der Waals surface area contributed by atoms with Gasteiger partial charge in [0.05, 0.1) is 10.6 Å². The van der Waals surface area contributed by atoms with Crippen molar-refractivity contribution >= 4 is 21.6 Å². The molecule has 1 aliphatic heterocycles. The molecule has 3 aromatic carbocycles. The van der Waals surface area contributed by atoms with Crippen LogP contribution >= 0.6 is 0 Å². The monoisotopic (exact) mass is 467 g/mol. The Morgan fingerprint density at radius 2 is 1.61 bits per heavy atom. The molecule has 0 aromatic heterocycles. The number of aryl methyl sites for hydroxylation is 1. The molecule has 33 heavy (non-hydrogen) atoms. The van der Waals surface area contributed by atoms with E-state index >= 15 is 0 Å². The van der Waals surface area contributed by atoms with Gasteiger partial charge in [-0.3, -0.25) is 14.4 Å². The molecule has 6 nitrogen and oxygen atoms in total. The third kappa shape index (κ3) is 5.40. The Kier molecular flexibility index (Phi) is 6.76. The summed E-state index contributed by atoms with van der Waals surface area (Å²) < 4.78 is 41.8. The summed E-state index contributed by atoms with van der Waals surface area (Å²) in [5, 5.41) is 0. The lowest BCUT2D eigenvalue weighted by atomic mass is 10.1. The van der Waals surface area contributed by atoms with Gasteiger partial charge < -0.3 is 4.90 Å². The molecule has 1 heterocycles. The highest BCUT2D eigenvalue weighted by molar-refractivity contribution is 7.92. The van der Waals surface area contributed by atoms with E-state index in [0.717, 1.165) is 19.6 Å². The highest BCUT2D eigenvalue weighted by Crippen LogP contribution is 2.22. The van der Waals surface area contributed by atoms with E-state index in [4.69, 9.17) is 0 Å². The number of hydrogen-bond donors (Lipinski definition) is 1. The number of para-hydroxylation sites is 1. The average Bonchev–Trinajstić information content (AvgIpc) is 2.81. The minimum Gasteiger partial charge on any atom is -0.336 e. The van der Waals surface area contributed by atoms with Crippen LogP contribution in [-0.4, -0.2) is 50.3 Å². The molecule has 1 saturated heterocycles. The zero-order chi connectivity index (χ0) is 23.4. The Labute approximate surface area is 193 Å². The number of carbonyl (C=O) groups excluding carboxylic acids is 1. The lowest BCUT2D eigenvalue weighted by Crippen LogP contribution is -2.48. The van der Waals surface area contributed by atoms with Crippen LogP contribution in [0.3, 0.4) is 0 Å². The van der Waals surface area contributed by atoms with E-state index in [9.17, 15) is 17.6 Å². The summed E-state index contributed by atoms with van der Waals surface area (Å²) in [7, 11) is -4.05. The molecule has 172 valence electrons. The van der Waals surface area contributed by atoms with Gasteiger partial charge in [0.15, 0.2) is 0 Å². The van der Waals surface area contributed by atoms with Gasteiger partial charge in [0.2, 0.25) is 0 Å². The fourth-order valence-electron chi connectivity index (χ4n) is 3.87. The number of nitrogens with one attached hydrogen (secondary N) is 1. The summed E-state index contributed by atoms with van der Waals surface area (Å²) >= 11 is 0. The Hall–Kier alpha value is -3.23. The summed E-state index contributed by atoms with van der Waals surface area (Å²) in [6, 6.07) is 20.1. The first-order valence-electron chi connectivity index (χ1n) is 10.8. The Balaban J connectivity index is 1.46. The number of rotatable bonds is 6. The zero-order valence-electron chi connectivity index (χ0n) is 18.4. The van der Waals surface area contributed by atoms with Crippen LogP contribution in [0.5, 0.6) is 0 Å². The summed E-state index contributed by atoms with van der Waals surface area (Å²) in [6.45, 7) is 5.22. The van der Waals surface area contributed by atoms with Crippen LogP contribution in [0.2, 0.25) is 0 Å². The standard InChI is InChI=1S/C25H26FN3O3S/c1-19-11-12-21(33(31,32)27-24-10-6-5-9-23(24)26)17-22(19)25(30)29-15-13-28(14-16-29)18-20-7-3-2-4-8-20/h2-12,17,27H,13-16,18H2,1H3. The molecule has 0 bridgehead atoms. The number of sulfonamides is 1. The van der Waals surface area contributed by atoms with Crippen LogP contribution < -0.4 is 4.72 Å². The topological polar surface area (TPSA) is 69.7 Å². The van der Waals surface area contributed by atoms with Crippen LogP contribution in [0.15, 0.2) is 77.7 Å². The SMILES string of the molecule is Cc1ccc(S(=O)(=O)Nc2ccccc2F)cc1C(=O)N1CCN(Cc2ccccc2)CC1. The van der Waals surface area contributed by atoms with E-state index in [1.165, 1.54) is 35.9 Å². The molecule has 1 fully saturated rings. The number of nitrogens with zero attached hydrogens (tertiary/aromatic N) is 2. The average molecular weight is 468 g/mol. The third-order valence-electron chi connectivity index (χ3n) is 5.78. The van der Waals surface area contributed by atoms with Crippen LogP contribution in [0.4, 0.5) is 10.1 Å². The molecule has 0 aliphatic carbocycles. The van der Waals surface area contributed by atoms with Crippen molar-refractivity contribution in [2.24, 2.45) is 0 Å². The number of carbonyl (C=O) groups is 1. The van der Waals surface area contributed by atoms with Gasteiger partial charge in [-0.25, -0.2) is 12.8 Å². The minimum absolute atomic E-state index is 0.0811. The number of amides is 1. The third-order valence-corrected chi connectivity index (χ3v) is 7.14. The van der Waals surface area contributed by atoms with Gasteiger partial charge in [0, 0.05) is 38.3 Å². The van der Waals surface area contributed by atoms with E-state index in [1.54, 1.807) is 24.0 Å². The van der Waals surface area contributed by atoms with Gasteiger partial charge in [-0.15, -0.1) is 0 Å². The van der Waals surface area contributed by atoms with Crippen molar-refractivity contribution in [1.29, 1.82) is 0 Å². The predicted octanol–water partition coefficient (Wildman–Crippen LogP) is 3.89. The van der Waals surface area contributed by atoms with Crippen molar-refractivity contribution < 1.29 is 17.6 Å². The molecule has 8 heteroatoms. The second-order valence-corrected chi connectivity index (χ2v) is 9.80. The zero-order valence-corrected chi connectivity index (χ0v) is 19.2. The van der Waals surface area contributed by atoms with Crippen molar-refractivity contribution in [3.8, 4) is 0 Å². The van der Waals surface area contributed by atoms with Crippen molar-refractivity contribution in [2.75, 3.05) is 30.9 Å². The molecular weight excluding hydrogens is 441 g/mol. The van der Waals surface area contributed by atoms with Gasteiger partial charge in [-0.05, 0) is 42.3 Å². The first kappa shape index (κ1) is 22.9. The van der Waals surface area contributed by atoms with Crippen molar-refractivity contribution in [2.45, 2.75) is 18.4 Å². The first-order chi connectivity index (χ1) is 15.8. The van der Waals surface area contributed by atoms with Crippen LogP contribution in [0.25, 0.3) is 0 Å². The maximum Gasteiger partial charge on any atom is 0.262 e. The number of anilines is 1. The molecule has 1 aliphatic rings. The molecule has 0 radical (unpaired) electrons. The molecular formula is C25H26FN3O3S. The Bertz CT molecular complexity index is 1240. The molecule has 0 saturated carbocycles. The normalized spacial score (nSPS) is 14.8. The van der Waals surface area contributed by atoms with E-state index < -0.39 is 15.8 Å². The molecule has 0 atom stereocenters. The molecule has 1 amide bonds. The van der Waals surface area contributed by atoms with E-state index in [1.807, 2.05) is 18.2 Å². The largest absolute Gasteiger partial charge is 0.336 e. The minimum atomic E-state index is -4.05. The second-order valence-electron chi connectivity index (χ2n) is 8.12. The Morgan fingerprint density at radius 1 is 0.939 bits per heavy atom. The van der Waals surface area contributed by atoms with E-state index in [-0.39, 0.29) is 16.5 Å². The summed E-state index contributed by atoms with van der Waals surface area (Å²) in [4.78, 5) is 17.2. The summed E-state index contributed by atoms with van der Waals surface area (Å²) in [5.41, 5.74) is 2.12. The van der Waals surface area contributed by atoms with Gasteiger partial charge in [0.25, 0.3) is 15.9 Å². The van der Waals surface area contributed by atoms with Crippen molar-refractivity contribution in [3.05, 3.63) is 95.3 Å². The van der Waals surface area contributed by atoms with Crippen molar-refractivity contribution in [3.63, 3.8) is 0 Å². The van der Waals surface area contributed by atoms with Crippen LogP contribution in [-0.2, 0) is 16.6 Å². The van der Waals surface area contributed by atoms with Gasteiger partial charge in [0.1, 0.15) is 5.82 Å². The molecule has 0 spiro atoms. The quantitative estimate of drug-likeness (QED) is 0.597. The maximum atomic E-state index is 13.9. The lowest BCUT2D eigenvalue weighted by Gasteiger charge is -2.35. The van der Waals surface area contributed by atoms with Gasteiger partial charge >= 0.3 is 0 Å². The second kappa shape index (κ2) is 9.72. The van der Waals surface area contributed by atoms with E-state index in [2.05, 4.69) is 21.8 Å². The highest BCUT2D eigenvalue weighted by Gasteiger charge is 2.25. The fraction of sp³-hybridized carbons (Fsp3) is 0.240. The van der Waals surface area contributed by atoms with Crippen LogP contribution in [0, 0.1) is 12.7 Å². The number of piperazine rings is 1. The number of halogens is 1. The van der Waals surface area contributed by atoms with Crippen molar-refractivity contribution in [1.82, 2.24) is 9.80 Å².